The Morgan fingerprint density at radius 1 is 0.333 bits per heavy atom. The standard InChI is InChI=1S/C57H96O6/c1-4-7-10-13-16-19-22-25-28-31-34-37-40-43-46-49-53(59)56(62,52-58)57(63,54(60)50-47-44-41-38-35-32-29-26-23-20-17-14-11-8-5-2)55(61)51-48-45-42-39-36-33-30-27-24-21-18-15-12-9-6-3/h16-21,25-30,35,38,58,62-63H,4-15,22-24,31-34,36-37,39-52H2,1-3H3. The van der Waals surface area contributed by atoms with Gasteiger partial charge in [0, 0.05) is 19.3 Å². The van der Waals surface area contributed by atoms with Crippen LogP contribution in [0, 0.1) is 0 Å². The maximum atomic E-state index is 13.8. The minimum Gasteiger partial charge on any atom is -0.393 e. The molecule has 360 valence electrons. The van der Waals surface area contributed by atoms with Gasteiger partial charge in [-0.2, -0.15) is 0 Å². The van der Waals surface area contributed by atoms with Crippen LogP contribution in [0.2, 0.25) is 0 Å². The summed E-state index contributed by atoms with van der Waals surface area (Å²) in [6, 6.07) is 0. The average Bonchev–Trinajstić information content (AvgIpc) is 3.29. The smallest absolute Gasteiger partial charge is 0.219 e. The van der Waals surface area contributed by atoms with Crippen molar-refractivity contribution in [2.45, 2.75) is 250 Å². The zero-order chi connectivity index (χ0) is 46.4. The molecular formula is C57H96O6. The normalized spacial score (nSPS) is 14.5. The third kappa shape index (κ3) is 31.6. The molecule has 6 nitrogen and oxygen atoms in total. The minimum atomic E-state index is -2.98. The monoisotopic (exact) mass is 877 g/mol. The van der Waals surface area contributed by atoms with Gasteiger partial charge >= 0.3 is 0 Å². The fourth-order valence-electron chi connectivity index (χ4n) is 7.62. The Kier molecular flexibility index (Phi) is 42.2. The molecule has 0 radical (unpaired) electrons. The lowest BCUT2D eigenvalue weighted by Crippen LogP contribution is -2.69. The first-order valence-electron chi connectivity index (χ1n) is 26.0. The highest BCUT2D eigenvalue weighted by Crippen LogP contribution is 2.32. The Labute approximate surface area is 387 Å². The van der Waals surface area contributed by atoms with Crippen LogP contribution < -0.4 is 0 Å². The van der Waals surface area contributed by atoms with Crippen molar-refractivity contribution in [1.29, 1.82) is 0 Å². The van der Waals surface area contributed by atoms with Gasteiger partial charge in [0.1, 0.15) is 0 Å². The molecule has 0 amide bonds. The second kappa shape index (κ2) is 44.3. The maximum Gasteiger partial charge on any atom is 0.219 e. The number of carbonyl (C=O) groups excluding carboxylic acids is 3. The van der Waals surface area contributed by atoms with Gasteiger partial charge in [0.15, 0.2) is 23.0 Å². The minimum absolute atomic E-state index is 0.122. The van der Waals surface area contributed by atoms with E-state index in [4.69, 9.17) is 0 Å². The molecule has 0 fully saturated rings. The number of unbranched alkanes of at least 4 members (excludes halogenated alkanes) is 21. The average molecular weight is 877 g/mol. The Morgan fingerprint density at radius 2 is 0.571 bits per heavy atom. The van der Waals surface area contributed by atoms with Crippen LogP contribution in [0.3, 0.4) is 0 Å². The van der Waals surface area contributed by atoms with Crippen LogP contribution in [0.1, 0.15) is 239 Å². The van der Waals surface area contributed by atoms with E-state index >= 15 is 0 Å². The van der Waals surface area contributed by atoms with E-state index in [1.165, 1.54) is 57.8 Å². The molecule has 0 aromatic heterocycles. The van der Waals surface area contributed by atoms with Crippen molar-refractivity contribution in [2.24, 2.45) is 0 Å². The van der Waals surface area contributed by atoms with Gasteiger partial charge in [-0.1, -0.05) is 183 Å². The summed E-state index contributed by atoms with van der Waals surface area (Å²) in [4.78, 5) is 41.2. The first-order chi connectivity index (χ1) is 30.8. The summed E-state index contributed by atoms with van der Waals surface area (Å²) < 4.78 is 0. The van der Waals surface area contributed by atoms with E-state index in [9.17, 15) is 29.7 Å². The van der Waals surface area contributed by atoms with Crippen molar-refractivity contribution in [3.8, 4) is 0 Å². The van der Waals surface area contributed by atoms with Gasteiger partial charge in [-0.3, -0.25) is 14.4 Å². The SMILES string of the molecule is CCCCCC=CCC=CCC=CCCCCC(=O)C(O)(C(=O)CCCCCCCC=CCC=CCCCCC)C(O)(CO)C(=O)CCCCCCCC=CCC=CCCCCC. The molecule has 0 saturated carbocycles. The summed E-state index contributed by atoms with van der Waals surface area (Å²) in [5.41, 5.74) is -5.85. The molecule has 2 atom stereocenters. The van der Waals surface area contributed by atoms with E-state index in [1.54, 1.807) is 0 Å². The van der Waals surface area contributed by atoms with Gasteiger partial charge < -0.3 is 15.3 Å². The highest BCUT2D eigenvalue weighted by atomic mass is 16.4. The van der Waals surface area contributed by atoms with E-state index in [0.29, 0.717) is 25.7 Å². The molecule has 2 unspecified atom stereocenters. The van der Waals surface area contributed by atoms with Crippen LogP contribution in [0.5, 0.6) is 0 Å². The van der Waals surface area contributed by atoms with Crippen LogP contribution in [0.25, 0.3) is 0 Å². The number of ketones is 3. The van der Waals surface area contributed by atoms with Gasteiger partial charge in [-0.25, -0.2) is 0 Å². The summed E-state index contributed by atoms with van der Waals surface area (Å²) in [6.45, 7) is 5.46. The molecule has 0 aliphatic carbocycles. The first kappa shape index (κ1) is 60.1. The molecule has 63 heavy (non-hydrogen) atoms. The Hall–Kier alpha value is -2.93. The number of aliphatic hydroxyl groups excluding tert-OH is 1. The molecular weight excluding hydrogens is 781 g/mol. The van der Waals surface area contributed by atoms with E-state index in [2.05, 4.69) is 106 Å². The van der Waals surface area contributed by atoms with Crippen molar-refractivity contribution in [1.82, 2.24) is 0 Å². The highest BCUT2D eigenvalue weighted by molar-refractivity contribution is 6.16. The lowest BCUT2D eigenvalue weighted by atomic mass is 9.71. The topological polar surface area (TPSA) is 112 Å². The number of Topliss-reactive ketones (excluding diaryl/α,β-unsaturated/α-hetero) is 3. The second-order valence-corrected chi connectivity index (χ2v) is 17.6. The van der Waals surface area contributed by atoms with E-state index in [-0.39, 0.29) is 19.3 Å². The van der Waals surface area contributed by atoms with Gasteiger partial charge in [0.05, 0.1) is 6.61 Å². The lowest BCUT2D eigenvalue weighted by molar-refractivity contribution is -0.194. The quantitative estimate of drug-likeness (QED) is 0.0319. The molecule has 0 heterocycles. The molecule has 0 aromatic rings. The molecule has 3 N–H and O–H groups in total. The third-order valence-corrected chi connectivity index (χ3v) is 11.8. The van der Waals surface area contributed by atoms with Gasteiger partial charge in [-0.05, 0) is 122 Å². The molecule has 0 aliphatic heterocycles. The van der Waals surface area contributed by atoms with Crippen LogP contribution in [-0.4, -0.2) is 50.5 Å². The highest BCUT2D eigenvalue weighted by Gasteiger charge is 2.62. The second-order valence-electron chi connectivity index (χ2n) is 17.6. The van der Waals surface area contributed by atoms with Gasteiger partial charge in [0.25, 0.3) is 0 Å². The molecule has 0 aromatic carbocycles. The van der Waals surface area contributed by atoms with Crippen LogP contribution in [0.15, 0.2) is 85.1 Å². The number of rotatable bonds is 46. The van der Waals surface area contributed by atoms with Crippen molar-refractivity contribution >= 4 is 17.3 Å². The number of allylic oxidation sites excluding steroid dienone is 14. The summed E-state index contributed by atoms with van der Waals surface area (Å²) in [7, 11) is 0. The lowest BCUT2D eigenvalue weighted by Gasteiger charge is -2.39. The number of aliphatic hydroxyl groups is 3. The number of hydrogen-bond donors (Lipinski definition) is 3. The molecule has 0 saturated heterocycles. The zero-order valence-electron chi connectivity index (χ0n) is 40.9. The zero-order valence-corrected chi connectivity index (χ0v) is 40.9. The molecule has 0 spiro atoms. The van der Waals surface area contributed by atoms with Crippen molar-refractivity contribution in [3.63, 3.8) is 0 Å². The van der Waals surface area contributed by atoms with Crippen molar-refractivity contribution < 1.29 is 29.7 Å². The fraction of sp³-hybridized carbons (Fsp3) is 0.702. The molecule has 0 aliphatic rings. The van der Waals surface area contributed by atoms with Crippen LogP contribution in [0.4, 0.5) is 0 Å². The third-order valence-electron chi connectivity index (χ3n) is 11.8. The van der Waals surface area contributed by atoms with E-state index < -0.39 is 35.2 Å². The van der Waals surface area contributed by atoms with Crippen LogP contribution >= 0.6 is 0 Å². The van der Waals surface area contributed by atoms with E-state index in [1.807, 2.05) is 0 Å². The van der Waals surface area contributed by atoms with Crippen molar-refractivity contribution in [2.75, 3.05) is 6.61 Å². The van der Waals surface area contributed by atoms with E-state index in [0.717, 1.165) is 116 Å². The van der Waals surface area contributed by atoms with Gasteiger partial charge in [-0.15, -0.1) is 0 Å². The Morgan fingerprint density at radius 3 is 0.889 bits per heavy atom. The molecule has 6 heteroatoms. The predicted octanol–water partition coefficient (Wildman–Crippen LogP) is 15.4. The van der Waals surface area contributed by atoms with Gasteiger partial charge in [0.2, 0.25) is 5.60 Å². The first-order valence-corrected chi connectivity index (χ1v) is 26.0. The summed E-state index contributed by atoms with van der Waals surface area (Å²) >= 11 is 0. The number of carbonyl (C=O) groups is 3. The largest absolute Gasteiger partial charge is 0.393 e. The summed E-state index contributed by atoms with van der Waals surface area (Å²) in [6.07, 6.45) is 60.8. The van der Waals surface area contributed by atoms with Crippen molar-refractivity contribution in [3.05, 3.63) is 85.1 Å². The Bertz CT molecular complexity index is 1320. The predicted molar refractivity (Wildman–Crippen MR) is 270 cm³/mol. The molecule has 0 rings (SSSR count). The summed E-state index contributed by atoms with van der Waals surface area (Å²) in [5.74, 6) is -2.59. The maximum absolute atomic E-state index is 13.8. The number of hydrogen-bond acceptors (Lipinski definition) is 6. The Balaban J connectivity index is 5.12. The summed E-state index contributed by atoms with van der Waals surface area (Å²) in [5, 5.41) is 34.0. The molecule has 0 bridgehead atoms. The van der Waals surface area contributed by atoms with Crippen LogP contribution in [-0.2, 0) is 14.4 Å². The fourth-order valence-corrected chi connectivity index (χ4v) is 7.62.